The Bertz CT molecular complexity index is 1970. The standard InChI is InChI=1S/C27H18Cl2F3N11/c1-40-14-19(26(29)38-40)17-10-36-41(12-17)23(6-15-8-35-43(11-15)27(31)32)21-4-2-16(9-34-21)24-22(5-3-20(28)25(24)30)42-13-18(7-33)37-39-42/h2-5,8-14,23,27H,6H2,1H3/p+1/t23-/m0/s1. The van der Waals surface area contributed by atoms with E-state index in [2.05, 4.69) is 30.6 Å². The molecule has 216 valence electrons. The van der Waals surface area contributed by atoms with Crippen LogP contribution in [0, 0.1) is 17.1 Å². The molecule has 5 heterocycles. The number of aromatic amines is 1. The minimum Gasteiger partial charge on any atom is -0.274 e. The van der Waals surface area contributed by atoms with Gasteiger partial charge in [0.1, 0.15) is 0 Å². The largest absolute Gasteiger partial charge is 0.333 e. The maximum Gasteiger partial charge on any atom is 0.333 e. The number of nitrogens with one attached hydrogen (secondary N) is 1. The molecule has 5 aromatic heterocycles. The smallest absolute Gasteiger partial charge is 0.274 e. The molecule has 11 nitrogen and oxygen atoms in total. The Kier molecular flexibility index (Phi) is 7.43. The van der Waals surface area contributed by atoms with E-state index < -0.39 is 18.4 Å². The van der Waals surface area contributed by atoms with Crippen LogP contribution in [-0.2, 0) is 13.5 Å². The number of aromatic nitrogens is 10. The van der Waals surface area contributed by atoms with Gasteiger partial charge in [0.2, 0.25) is 0 Å². The van der Waals surface area contributed by atoms with E-state index in [1.54, 1.807) is 53.2 Å². The molecule has 0 unspecified atom stereocenters. The van der Waals surface area contributed by atoms with E-state index >= 15 is 4.39 Å². The molecule has 1 aromatic carbocycles. The molecule has 1 atom stereocenters. The Hall–Kier alpha value is -5.00. The third-order valence-corrected chi connectivity index (χ3v) is 7.26. The molecule has 0 aliphatic heterocycles. The van der Waals surface area contributed by atoms with E-state index in [0.717, 1.165) is 0 Å². The van der Waals surface area contributed by atoms with Gasteiger partial charge in [-0.1, -0.05) is 34.5 Å². The summed E-state index contributed by atoms with van der Waals surface area (Å²) in [6.07, 6.45) is 10.9. The molecule has 1 N–H and O–H groups in total. The molecule has 0 saturated carbocycles. The van der Waals surface area contributed by atoms with Crippen LogP contribution in [0.4, 0.5) is 13.2 Å². The number of nitrogens with zero attached hydrogens (tertiary/aromatic N) is 10. The summed E-state index contributed by atoms with van der Waals surface area (Å²) in [5, 5.41) is 28.3. The summed E-state index contributed by atoms with van der Waals surface area (Å²) in [5.74, 6) is -0.685. The summed E-state index contributed by atoms with van der Waals surface area (Å²) in [7, 11) is 1.75. The van der Waals surface area contributed by atoms with Gasteiger partial charge in [0.05, 0.1) is 39.8 Å². The van der Waals surface area contributed by atoms with Crippen molar-refractivity contribution in [1.82, 2.24) is 44.6 Å². The van der Waals surface area contributed by atoms with Crippen LogP contribution in [0.2, 0.25) is 10.2 Å². The highest BCUT2D eigenvalue weighted by atomic mass is 35.5. The second-order valence-electron chi connectivity index (χ2n) is 9.48. The summed E-state index contributed by atoms with van der Waals surface area (Å²) in [4.78, 5) is 4.62. The molecule has 0 amide bonds. The van der Waals surface area contributed by atoms with Gasteiger partial charge < -0.3 is 0 Å². The van der Waals surface area contributed by atoms with Gasteiger partial charge in [-0.25, -0.2) is 9.07 Å². The molecular weight excluding hydrogens is 606 g/mol. The SMILES string of the molecule is Cn1cc(-c2cnn([C@@H](Cc3cnn(C(F)F)c3)c3ccc(-c4c(-[n+]5cc(C#N)n[nH]5)ccc(Cl)c4F)cn3)c2)c(Cl)n1. The lowest BCUT2D eigenvalue weighted by atomic mass is 10.0. The molecule has 43 heavy (non-hydrogen) atoms. The molecule has 0 radical (unpaired) electrons. The molecule has 6 aromatic rings. The first-order valence-electron chi connectivity index (χ1n) is 12.6. The highest BCUT2D eigenvalue weighted by Gasteiger charge is 2.24. The lowest BCUT2D eigenvalue weighted by molar-refractivity contribution is -0.659. The van der Waals surface area contributed by atoms with Gasteiger partial charge in [0.15, 0.2) is 28.9 Å². The monoisotopic (exact) mass is 624 g/mol. The van der Waals surface area contributed by atoms with Crippen LogP contribution in [0.3, 0.4) is 0 Å². The van der Waals surface area contributed by atoms with Gasteiger partial charge >= 0.3 is 12.2 Å². The first-order valence-corrected chi connectivity index (χ1v) is 13.3. The molecule has 0 saturated heterocycles. The maximum absolute atomic E-state index is 15.4. The van der Waals surface area contributed by atoms with E-state index in [1.165, 1.54) is 35.5 Å². The highest BCUT2D eigenvalue weighted by Crippen LogP contribution is 2.33. The molecule has 6 rings (SSSR count). The Morgan fingerprint density at radius 3 is 2.49 bits per heavy atom. The fraction of sp³-hybridized carbons (Fsp3) is 0.148. The van der Waals surface area contributed by atoms with Crippen LogP contribution in [0.5, 0.6) is 0 Å². The third kappa shape index (κ3) is 5.47. The average molecular weight is 625 g/mol. The number of aryl methyl sites for hydroxylation is 1. The Balaban J connectivity index is 1.40. The Labute approximate surface area is 251 Å². The van der Waals surface area contributed by atoms with E-state index in [4.69, 9.17) is 28.5 Å². The summed E-state index contributed by atoms with van der Waals surface area (Å²) < 4.78 is 47.1. The Morgan fingerprint density at radius 2 is 1.84 bits per heavy atom. The van der Waals surface area contributed by atoms with Crippen molar-refractivity contribution in [2.45, 2.75) is 19.0 Å². The van der Waals surface area contributed by atoms with E-state index in [9.17, 15) is 8.78 Å². The predicted molar refractivity (Wildman–Crippen MR) is 148 cm³/mol. The number of benzene rings is 1. The van der Waals surface area contributed by atoms with E-state index in [-0.39, 0.29) is 22.7 Å². The minimum absolute atomic E-state index is 0.101. The fourth-order valence-corrected chi connectivity index (χ4v) is 5.11. The van der Waals surface area contributed by atoms with Crippen molar-refractivity contribution in [3.63, 3.8) is 0 Å². The van der Waals surface area contributed by atoms with Crippen molar-refractivity contribution < 1.29 is 17.9 Å². The van der Waals surface area contributed by atoms with Gasteiger partial charge in [0.25, 0.3) is 0 Å². The molecule has 0 fully saturated rings. The van der Waals surface area contributed by atoms with Gasteiger partial charge in [-0.3, -0.25) is 14.3 Å². The van der Waals surface area contributed by atoms with Crippen molar-refractivity contribution in [2.75, 3.05) is 0 Å². The van der Waals surface area contributed by atoms with Gasteiger partial charge in [-0.05, 0) is 23.8 Å². The normalized spacial score (nSPS) is 12.1. The number of H-pyrrole nitrogens is 1. The summed E-state index contributed by atoms with van der Waals surface area (Å²) in [5.41, 5.74) is 3.40. The number of hydrogen-bond acceptors (Lipinski definition) is 6. The third-order valence-electron chi connectivity index (χ3n) is 6.69. The van der Waals surface area contributed by atoms with Gasteiger partial charge in [-0.15, -0.1) is 4.68 Å². The van der Waals surface area contributed by atoms with E-state index in [0.29, 0.717) is 43.5 Å². The minimum atomic E-state index is -2.78. The number of alkyl halides is 2. The Morgan fingerprint density at radius 1 is 1.02 bits per heavy atom. The molecule has 0 aliphatic rings. The van der Waals surface area contributed by atoms with Crippen molar-refractivity contribution in [3.8, 4) is 34.0 Å². The van der Waals surface area contributed by atoms with Crippen molar-refractivity contribution >= 4 is 23.2 Å². The lowest BCUT2D eigenvalue weighted by Gasteiger charge is -2.17. The summed E-state index contributed by atoms with van der Waals surface area (Å²) in [6.45, 7) is -2.78. The van der Waals surface area contributed by atoms with Gasteiger partial charge in [0, 0.05) is 54.9 Å². The molecule has 16 heteroatoms. The van der Waals surface area contributed by atoms with Crippen molar-refractivity contribution in [3.05, 3.63) is 101 Å². The first-order chi connectivity index (χ1) is 20.7. The van der Waals surface area contributed by atoms with Crippen LogP contribution in [0.25, 0.3) is 27.9 Å². The predicted octanol–water partition coefficient (Wildman–Crippen LogP) is 5.09. The zero-order valence-corrected chi connectivity index (χ0v) is 23.6. The van der Waals surface area contributed by atoms with Crippen LogP contribution >= 0.6 is 23.2 Å². The average Bonchev–Trinajstić information content (AvgIpc) is 3.80. The number of nitriles is 1. The van der Waals surface area contributed by atoms with E-state index in [1.807, 2.05) is 6.07 Å². The van der Waals surface area contributed by atoms with Crippen molar-refractivity contribution in [2.24, 2.45) is 7.05 Å². The number of pyridine rings is 1. The molecule has 0 spiro atoms. The van der Waals surface area contributed by atoms with Crippen LogP contribution in [0.1, 0.15) is 29.5 Å². The second-order valence-corrected chi connectivity index (χ2v) is 10.2. The fourth-order valence-electron chi connectivity index (χ4n) is 4.68. The zero-order valence-electron chi connectivity index (χ0n) is 22.1. The zero-order chi connectivity index (χ0) is 30.2. The number of halogens is 5. The molecule has 0 bridgehead atoms. The van der Waals surface area contributed by atoms with Crippen LogP contribution in [0.15, 0.2) is 67.6 Å². The highest BCUT2D eigenvalue weighted by molar-refractivity contribution is 6.32. The van der Waals surface area contributed by atoms with Crippen molar-refractivity contribution in [1.29, 1.82) is 5.26 Å². The molecule has 0 aliphatic carbocycles. The summed E-state index contributed by atoms with van der Waals surface area (Å²) >= 11 is 12.4. The first kappa shape index (κ1) is 28.1. The van der Waals surface area contributed by atoms with Crippen LogP contribution < -0.4 is 4.68 Å². The molecular formula is C27H19Cl2F3N11+. The lowest BCUT2D eigenvalue weighted by Crippen LogP contribution is -2.33. The number of rotatable bonds is 8. The second kappa shape index (κ2) is 11.3. The van der Waals surface area contributed by atoms with Gasteiger partial charge in [-0.2, -0.15) is 29.3 Å². The maximum atomic E-state index is 15.4. The quantitative estimate of drug-likeness (QED) is 0.235. The van der Waals surface area contributed by atoms with Crippen LogP contribution in [-0.4, -0.2) is 44.6 Å². The number of hydrogen-bond donors (Lipinski definition) is 1. The topological polar surface area (TPSA) is 123 Å². The summed E-state index contributed by atoms with van der Waals surface area (Å²) in [6, 6.07) is 7.71.